The van der Waals surface area contributed by atoms with Gasteiger partial charge in [0.05, 0.1) is 11.3 Å². The third-order valence-corrected chi connectivity index (χ3v) is 4.68. The number of anilines is 1. The molecule has 1 aliphatic heterocycles. The number of carboxylic acids is 1. The molecule has 6 heteroatoms. The van der Waals surface area contributed by atoms with E-state index in [1.54, 1.807) is 18.7 Å². The molecule has 1 fully saturated rings. The Bertz CT molecular complexity index is 563. The number of rotatable bonds is 4. The minimum Gasteiger partial charge on any atom is -0.480 e. The number of nitriles is 1. The van der Waals surface area contributed by atoms with Gasteiger partial charge in [0, 0.05) is 31.1 Å². The molecule has 1 atom stereocenters. The molecule has 1 saturated heterocycles. The van der Waals surface area contributed by atoms with Crippen molar-refractivity contribution < 1.29 is 9.90 Å². The molecule has 1 N–H and O–H groups in total. The summed E-state index contributed by atoms with van der Waals surface area (Å²) in [5.74, 6) is -0.787. The molecule has 0 radical (unpaired) electrons. The molecule has 0 bridgehead atoms. The van der Waals surface area contributed by atoms with E-state index in [0.29, 0.717) is 18.7 Å². The fourth-order valence-corrected chi connectivity index (χ4v) is 3.14. The number of benzene rings is 1. The van der Waals surface area contributed by atoms with Gasteiger partial charge < -0.3 is 10.0 Å². The lowest BCUT2D eigenvalue weighted by Crippen LogP contribution is -2.51. The summed E-state index contributed by atoms with van der Waals surface area (Å²) in [6.07, 6.45) is 1.96. The number of thioether (sulfide) groups is 1. The number of hydrogen-bond donors (Lipinski definition) is 1. The summed E-state index contributed by atoms with van der Waals surface area (Å²) < 4.78 is 0. The minimum atomic E-state index is -0.787. The number of hydrogen-bond acceptors (Lipinski definition) is 5. The molecule has 0 saturated carbocycles. The first-order valence-corrected chi connectivity index (χ1v) is 8.10. The van der Waals surface area contributed by atoms with Crippen molar-refractivity contribution in [1.82, 2.24) is 4.90 Å². The van der Waals surface area contributed by atoms with Crippen LogP contribution in [-0.4, -0.2) is 54.5 Å². The number of carbonyl (C=O) groups is 1. The van der Waals surface area contributed by atoms with Crippen LogP contribution in [0.2, 0.25) is 0 Å². The van der Waals surface area contributed by atoms with Gasteiger partial charge in [-0.2, -0.15) is 5.26 Å². The van der Waals surface area contributed by atoms with E-state index in [-0.39, 0.29) is 0 Å². The lowest BCUT2D eigenvalue weighted by atomic mass is 10.1. The molecule has 112 valence electrons. The molecular formula is C15H19N3O2S. The van der Waals surface area contributed by atoms with Gasteiger partial charge in [0.25, 0.3) is 0 Å². The average molecular weight is 305 g/mol. The van der Waals surface area contributed by atoms with Crippen LogP contribution in [0.15, 0.2) is 23.1 Å². The molecule has 0 aliphatic carbocycles. The predicted octanol–water partition coefficient (Wildman–Crippen LogP) is 1.88. The molecular weight excluding hydrogens is 286 g/mol. The zero-order valence-corrected chi connectivity index (χ0v) is 13.1. The highest BCUT2D eigenvalue weighted by molar-refractivity contribution is 7.98. The second-order valence-electron chi connectivity index (χ2n) is 5.00. The Hall–Kier alpha value is -1.71. The summed E-state index contributed by atoms with van der Waals surface area (Å²) in [7, 11) is 0. The maximum atomic E-state index is 11.0. The summed E-state index contributed by atoms with van der Waals surface area (Å²) in [4.78, 5) is 16.1. The van der Waals surface area contributed by atoms with E-state index in [1.165, 1.54) is 0 Å². The molecule has 1 aromatic carbocycles. The van der Waals surface area contributed by atoms with Gasteiger partial charge in [0.2, 0.25) is 0 Å². The molecule has 0 aromatic heterocycles. The first kappa shape index (κ1) is 15.7. The van der Waals surface area contributed by atoms with Gasteiger partial charge in [-0.15, -0.1) is 11.8 Å². The van der Waals surface area contributed by atoms with Crippen LogP contribution >= 0.6 is 11.8 Å². The largest absolute Gasteiger partial charge is 0.480 e. The van der Waals surface area contributed by atoms with Gasteiger partial charge in [-0.05, 0) is 25.3 Å². The minimum absolute atomic E-state index is 0.458. The first-order valence-electron chi connectivity index (χ1n) is 6.87. The molecule has 1 heterocycles. The van der Waals surface area contributed by atoms with Crippen molar-refractivity contribution in [3.8, 4) is 6.07 Å². The highest BCUT2D eigenvalue weighted by Gasteiger charge is 2.26. The average Bonchev–Trinajstić information content (AvgIpc) is 2.53. The molecule has 1 aromatic rings. The third kappa shape index (κ3) is 3.31. The van der Waals surface area contributed by atoms with Crippen LogP contribution in [0.1, 0.15) is 12.5 Å². The van der Waals surface area contributed by atoms with E-state index in [1.807, 2.05) is 29.4 Å². The highest BCUT2D eigenvalue weighted by atomic mass is 32.2. The lowest BCUT2D eigenvalue weighted by molar-refractivity contribution is -0.142. The van der Waals surface area contributed by atoms with Crippen LogP contribution < -0.4 is 4.90 Å². The number of aliphatic carboxylic acids is 1. The van der Waals surface area contributed by atoms with E-state index in [2.05, 4.69) is 11.0 Å². The van der Waals surface area contributed by atoms with Crippen molar-refractivity contribution in [2.45, 2.75) is 17.9 Å². The first-order chi connectivity index (χ1) is 10.1. The SMILES string of the molecule is CSc1cccc(N2CCN(C(C)C(=O)O)CC2)c1C#N. The number of carboxylic acid groups (broad SMARTS) is 1. The van der Waals surface area contributed by atoms with Crippen LogP contribution in [0.3, 0.4) is 0 Å². The van der Waals surface area contributed by atoms with Crippen LogP contribution in [0.25, 0.3) is 0 Å². The fraction of sp³-hybridized carbons (Fsp3) is 0.467. The van der Waals surface area contributed by atoms with Gasteiger partial charge >= 0.3 is 5.97 Å². The lowest BCUT2D eigenvalue weighted by Gasteiger charge is -2.38. The second kappa shape index (κ2) is 6.83. The Balaban J connectivity index is 2.13. The van der Waals surface area contributed by atoms with Gasteiger partial charge in [-0.1, -0.05) is 6.07 Å². The Morgan fingerprint density at radius 2 is 2.05 bits per heavy atom. The molecule has 21 heavy (non-hydrogen) atoms. The predicted molar refractivity (Wildman–Crippen MR) is 83.8 cm³/mol. The molecule has 5 nitrogen and oxygen atoms in total. The van der Waals surface area contributed by atoms with Crippen LogP contribution in [0, 0.1) is 11.3 Å². The summed E-state index contributed by atoms with van der Waals surface area (Å²) in [5, 5.41) is 18.5. The standard InChI is InChI=1S/C15H19N3O2S/c1-11(15(19)20)17-6-8-18(9-7-17)13-4-3-5-14(21-2)12(13)10-16/h3-5,11H,6-9H2,1-2H3,(H,19,20). The summed E-state index contributed by atoms with van der Waals surface area (Å²) in [5.41, 5.74) is 1.66. The third-order valence-electron chi connectivity index (χ3n) is 3.90. The van der Waals surface area contributed by atoms with Gasteiger partial charge in [-0.3, -0.25) is 9.69 Å². The fourth-order valence-electron chi connectivity index (χ4n) is 2.57. The zero-order valence-electron chi connectivity index (χ0n) is 12.2. The van der Waals surface area contributed by atoms with E-state index >= 15 is 0 Å². The number of nitrogens with zero attached hydrogens (tertiary/aromatic N) is 3. The Morgan fingerprint density at radius 1 is 1.38 bits per heavy atom. The van der Waals surface area contributed by atoms with Gasteiger partial charge in [-0.25, -0.2) is 0 Å². The molecule has 0 amide bonds. The van der Waals surface area contributed by atoms with E-state index in [0.717, 1.165) is 23.7 Å². The van der Waals surface area contributed by atoms with Gasteiger partial charge in [0.15, 0.2) is 0 Å². The quantitative estimate of drug-likeness (QED) is 0.857. The van der Waals surface area contributed by atoms with Crippen molar-refractivity contribution in [2.24, 2.45) is 0 Å². The normalized spacial score (nSPS) is 17.3. The molecule has 1 aliphatic rings. The second-order valence-corrected chi connectivity index (χ2v) is 5.85. The van der Waals surface area contributed by atoms with Crippen molar-refractivity contribution in [2.75, 3.05) is 37.3 Å². The van der Waals surface area contributed by atoms with Crippen molar-refractivity contribution in [3.63, 3.8) is 0 Å². The van der Waals surface area contributed by atoms with Crippen LogP contribution in [-0.2, 0) is 4.79 Å². The van der Waals surface area contributed by atoms with Crippen LogP contribution in [0.5, 0.6) is 0 Å². The molecule has 1 unspecified atom stereocenters. The van der Waals surface area contributed by atoms with Crippen LogP contribution in [0.4, 0.5) is 5.69 Å². The smallest absolute Gasteiger partial charge is 0.320 e. The Kier molecular flexibility index (Phi) is 5.10. The summed E-state index contributed by atoms with van der Waals surface area (Å²) >= 11 is 1.57. The Labute approximate surface area is 129 Å². The summed E-state index contributed by atoms with van der Waals surface area (Å²) in [6.45, 7) is 4.59. The number of piperazine rings is 1. The van der Waals surface area contributed by atoms with E-state index in [9.17, 15) is 10.1 Å². The van der Waals surface area contributed by atoms with Crippen molar-refractivity contribution in [3.05, 3.63) is 23.8 Å². The highest BCUT2D eigenvalue weighted by Crippen LogP contribution is 2.29. The topological polar surface area (TPSA) is 67.6 Å². The maximum absolute atomic E-state index is 11.0. The molecule has 2 rings (SSSR count). The van der Waals surface area contributed by atoms with Gasteiger partial charge in [0.1, 0.15) is 12.1 Å². The van der Waals surface area contributed by atoms with Crippen molar-refractivity contribution >= 4 is 23.4 Å². The zero-order chi connectivity index (χ0) is 15.4. The Morgan fingerprint density at radius 3 is 2.57 bits per heavy atom. The monoisotopic (exact) mass is 305 g/mol. The maximum Gasteiger partial charge on any atom is 0.320 e. The van der Waals surface area contributed by atoms with Crippen molar-refractivity contribution in [1.29, 1.82) is 5.26 Å². The van der Waals surface area contributed by atoms with E-state index in [4.69, 9.17) is 5.11 Å². The summed E-state index contributed by atoms with van der Waals surface area (Å²) in [6, 6.07) is 7.72. The molecule has 0 spiro atoms. The van der Waals surface area contributed by atoms with E-state index < -0.39 is 12.0 Å².